The highest BCUT2D eigenvalue weighted by Crippen LogP contribution is 2.29. The minimum Gasteiger partial charge on any atom is -0.371 e. The van der Waals surface area contributed by atoms with Gasteiger partial charge in [0.05, 0.1) is 16.9 Å². The molecule has 1 saturated heterocycles. The highest BCUT2D eigenvalue weighted by Gasteiger charge is 2.19. The van der Waals surface area contributed by atoms with E-state index >= 15 is 0 Å². The van der Waals surface area contributed by atoms with Crippen LogP contribution in [-0.2, 0) is 0 Å². The van der Waals surface area contributed by atoms with Crippen molar-refractivity contribution < 1.29 is 4.39 Å². The van der Waals surface area contributed by atoms with Gasteiger partial charge in [0, 0.05) is 51.2 Å². The van der Waals surface area contributed by atoms with Crippen molar-refractivity contribution in [1.82, 2.24) is 19.9 Å². The van der Waals surface area contributed by atoms with Crippen LogP contribution >= 0.6 is 0 Å². The van der Waals surface area contributed by atoms with Gasteiger partial charge >= 0.3 is 0 Å². The Morgan fingerprint density at radius 3 is 2.56 bits per heavy atom. The number of benzene rings is 1. The van der Waals surface area contributed by atoms with E-state index in [1.165, 1.54) is 0 Å². The molecule has 27 heavy (non-hydrogen) atoms. The maximum Gasteiger partial charge on any atom is 0.154 e. The maximum atomic E-state index is 14.9. The van der Waals surface area contributed by atoms with E-state index in [9.17, 15) is 4.39 Å². The number of piperazine rings is 1. The highest BCUT2D eigenvalue weighted by molar-refractivity contribution is 5.88. The number of aromatic nitrogens is 3. The first-order chi connectivity index (χ1) is 13.2. The molecule has 0 amide bonds. The number of hydrogen-bond donors (Lipinski definition) is 1. The van der Waals surface area contributed by atoms with Gasteiger partial charge in [0.1, 0.15) is 11.3 Å². The van der Waals surface area contributed by atoms with E-state index < -0.39 is 0 Å². The molecule has 0 saturated carbocycles. The highest BCUT2D eigenvalue weighted by atomic mass is 19.1. The van der Waals surface area contributed by atoms with Crippen LogP contribution in [0.25, 0.3) is 22.3 Å². The van der Waals surface area contributed by atoms with E-state index in [1.54, 1.807) is 25.5 Å². The smallest absolute Gasteiger partial charge is 0.154 e. The summed E-state index contributed by atoms with van der Waals surface area (Å²) in [6.07, 6.45) is 3.28. The first-order valence-electron chi connectivity index (χ1n) is 9.26. The van der Waals surface area contributed by atoms with Gasteiger partial charge in [-0.3, -0.25) is 4.98 Å². The third kappa shape index (κ3) is 3.42. The standard InChI is InChI=1S/C20H23FN6/c1-3-26-8-10-27(11-9-26)18-5-4-14(12-15(18)21)16-13-17-19(20(22-2)25-16)24-7-6-23-17/h4-7,12-13H,3,8-11H2,1-2H3,(H,22,25). The van der Waals surface area contributed by atoms with Gasteiger partial charge in [-0.1, -0.05) is 13.0 Å². The van der Waals surface area contributed by atoms with Gasteiger partial charge in [-0.2, -0.15) is 0 Å². The number of pyridine rings is 1. The van der Waals surface area contributed by atoms with Crippen LogP contribution in [0.2, 0.25) is 0 Å². The number of anilines is 2. The summed E-state index contributed by atoms with van der Waals surface area (Å²) in [5.74, 6) is 0.417. The average Bonchev–Trinajstić information content (AvgIpc) is 2.73. The lowest BCUT2D eigenvalue weighted by Gasteiger charge is -2.35. The van der Waals surface area contributed by atoms with Crippen molar-refractivity contribution >= 4 is 22.5 Å². The van der Waals surface area contributed by atoms with E-state index in [2.05, 4.69) is 37.0 Å². The zero-order valence-electron chi connectivity index (χ0n) is 15.6. The molecule has 1 fully saturated rings. The fourth-order valence-electron chi connectivity index (χ4n) is 3.52. The minimum atomic E-state index is -0.218. The molecule has 0 unspecified atom stereocenters. The molecular formula is C20H23FN6. The third-order valence-corrected chi connectivity index (χ3v) is 5.10. The SMILES string of the molecule is CCN1CCN(c2ccc(-c3cc4nccnc4c(NC)n3)cc2F)CC1. The molecule has 0 aliphatic carbocycles. The van der Waals surface area contributed by atoms with E-state index in [0.29, 0.717) is 22.7 Å². The first-order valence-corrected chi connectivity index (χ1v) is 9.26. The van der Waals surface area contributed by atoms with Crippen LogP contribution in [0.4, 0.5) is 15.9 Å². The van der Waals surface area contributed by atoms with Crippen LogP contribution in [0.1, 0.15) is 6.92 Å². The normalized spacial score (nSPS) is 15.3. The van der Waals surface area contributed by atoms with Crippen LogP contribution in [0.15, 0.2) is 36.7 Å². The average molecular weight is 366 g/mol. The second-order valence-electron chi connectivity index (χ2n) is 6.62. The predicted octanol–water partition coefficient (Wildman–Crippen LogP) is 3.01. The number of nitrogens with zero attached hydrogens (tertiary/aromatic N) is 5. The zero-order valence-corrected chi connectivity index (χ0v) is 15.6. The van der Waals surface area contributed by atoms with Gasteiger partial charge in [0.2, 0.25) is 0 Å². The lowest BCUT2D eigenvalue weighted by atomic mass is 10.1. The Morgan fingerprint density at radius 1 is 1.07 bits per heavy atom. The summed E-state index contributed by atoms with van der Waals surface area (Å²) in [5, 5.41) is 3.05. The first kappa shape index (κ1) is 17.6. The summed E-state index contributed by atoms with van der Waals surface area (Å²) in [4.78, 5) is 17.8. The predicted molar refractivity (Wildman–Crippen MR) is 107 cm³/mol. The Morgan fingerprint density at radius 2 is 1.85 bits per heavy atom. The number of fused-ring (bicyclic) bond motifs is 1. The number of nitrogens with one attached hydrogen (secondary N) is 1. The van der Waals surface area contributed by atoms with Gasteiger partial charge < -0.3 is 15.1 Å². The monoisotopic (exact) mass is 366 g/mol. The van der Waals surface area contributed by atoms with E-state index in [-0.39, 0.29) is 5.82 Å². The molecule has 0 bridgehead atoms. The number of halogens is 1. The lowest BCUT2D eigenvalue weighted by Crippen LogP contribution is -2.46. The Balaban J connectivity index is 1.66. The Kier molecular flexibility index (Phi) is 4.85. The van der Waals surface area contributed by atoms with Gasteiger partial charge in [-0.05, 0) is 24.7 Å². The molecule has 0 atom stereocenters. The molecule has 0 radical (unpaired) electrons. The number of likely N-dealkylation sites (N-methyl/N-ethyl adjacent to an activating group) is 1. The molecule has 7 heteroatoms. The van der Waals surface area contributed by atoms with Gasteiger partial charge in [0.15, 0.2) is 5.82 Å². The molecule has 1 aliphatic rings. The van der Waals surface area contributed by atoms with Crippen molar-refractivity contribution in [3.05, 3.63) is 42.5 Å². The molecule has 1 aromatic carbocycles. The Bertz CT molecular complexity index is 952. The molecule has 140 valence electrons. The van der Waals surface area contributed by atoms with Gasteiger partial charge in [-0.25, -0.2) is 14.4 Å². The fourth-order valence-corrected chi connectivity index (χ4v) is 3.52. The molecule has 4 rings (SSSR count). The topological polar surface area (TPSA) is 57.2 Å². The van der Waals surface area contributed by atoms with Crippen molar-refractivity contribution in [2.75, 3.05) is 50.0 Å². The molecule has 0 spiro atoms. The summed E-state index contributed by atoms with van der Waals surface area (Å²) in [6, 6.07) is 7.19. The summed E-state index contributed by atoms with van der Waals surface area (Å²) in [5.41, 5.74) is 3.49. The van der Waals surface area contributed by atoms with Crippen LogP contribution in [0, 0.1) is 5.82 Å². The van der Waals surface area contributed by atoms with Gasteiger partial charge in [-0.15, -0.1) is 0 Å². The molecule has 6 nitrogen and oxygen atoms in total. The molecule has 2 aromatic heterocycles. The van der Waals surface area contributed by atoms with Crippen LogP contribution in [0.5, 0.6) is 0 Å². The minimum absolute atomic E-state index is 0.218. The molecule has 3 heterocycles. The third-order valence-electron chi connectivity index (χ3n) is 5.10. The van der Waals surface area contributed by atoms with Crippen LogP contribution in [0.3, 0.4) is 0 Å². The van der Waals surface area contributed by atoms with Crippen molar-refractivity contribution in [3.8, 4) is 11.3 Å². The second-order valence-corrected chi connectivity index (χ2v) is 6.62. The van der Waals surface area contributed by atoms with E-state index in [1.807, 2.05) is 18.2 Å². The van der Waals surface area contributed by atoms with Crippen molar-refractivity contribution in [2.24, 2.45) is 0 Å². The van der Waals surface area contributed by atoms with Crippen molar-refractivity contribution in [3.63, 3.8) is 0 Å². The quantitative estimate of drug-likeness (QED) is 0.766. The van der Waals surface area contributed by atoms with Crippen molar-refractivity contribution in [1.29, 1.82) is 0 Å². The van der Waals surface area contributed by atoms with E-state index in [0.717, 1.165) is 43.8 Å². The lowest BCUT2D eigenvalue weighted by molar-refractivity contribution is 0.270. The van der Waals surface area contributed by atoms with Gasteiger partial charge in [0.25, 0.3) is 0 Å². The van der Waals surface area contributed by atoms with Crippen LogP contribution < -0.4 is 10.2 Å². The molecule has 1 aliphatic heterocycles. The van der Waals surface area contributed by atoms with Crippen LogP contribution in [-0.4, -0.2) is 59.6 Å². The zero-order chi connectivity index (χ0) is 18.8. The summed E-state index contributed by atoms with van der Waals surface area (Å²) in [6.45, 7) is 6.82. The summed E-state index contributed by atoms with van der Waals surface area (Å²) < 4.78 is 14.9. The second kappa shape index (κ2) is 7.44. The number of hydrogen-bond acceptors (Lipinski definition) is 6. The summed E-state index contributed by atoms with van der Waals surface area (Å²) in [7, 11) is 1.79. The molecule has 3 aromatic rings. The summed E-state index contributed by atoms with van der Waals surface area (Å²) >= 11 is 0. The fraction of sp³-hybridized carbons (Fsp3) is 0.350. The Hall–Kier alpha value is -2.80. The Labute approximate surface area is 158 Å². The maximum absolute atomic E-state index is 14.9. The largest absolute Gasteiger partial charge is 0.371 e. The van der Waals surface area contributed by atoms with E-state index in [4.69, 9.17) is 0 Å². The number of rotatable bonds is 4. The molecule has 1 N–H and O–H groups in total. The van der Waals surface area contributed by atoms with Crippen molar-refractivity contribution in [2.45, 2.75) is 6.92 Å². The molecular weight excluding hydrogens is 343 g/mol.